The molecule has 0 saturated carbocycles. The molecule has 3 heteroatoms. The molecule has 0 spiro atoms. The smallest absolute Gasteiger partial charge is 0.0945 e. The van der Waals surface area contributed by atoms with E-state index >= 15 is 0 Å². The minimum absolute atomic E-state index is 0.0510. The van der Waals surface area contributed by atoms with E-state index in [-0.39, 0.29) is 9.46 Å². The summed E-state index contributed by atoms with van der Waals surface area (Å²) in [6.07, 6.45) is 15.0. The van der Waals surface area contributed by atoms with Crippen LogP contribution in [0.1, 0.15) is 71.6 Å². The molecule has 2 nitrogen and oxygen atoms in total. The summed E-state index contributed by atoms with van der Waals surface area (Å²) in [5.41, 5.74) is 18.0. The third kappa shape index (κ3) is 5.08. The van der Waals surface area contributed by atoms with Gasteiger partial charge < -0.3 is 9.80 Å². The molecule has 0 radical (unpaired) electrons. The fraction of sp³-hybridized carbons (Fsp3) is 0.273. The highest BCUT2D eigenvalue weighted by Gasteiger charge is 2.42. The lowest BCUT2D eigenvalue weighted by atomic mass is 9.88. The van der Waals surface area contributed by atoms with Crippen molar-refractivity contribution < 1.29 is 0 Å². The minimum Gasteiger partial charge on any atom is -0.357 e. The summed E-state index contributed by atoms with van der Waals surface area (Å²) in [6, 6.07) is 32.2. The van der Waals surface area contributed by atoms with E-state index in [0.29, 0.717) is 0 Å². The largest absolute Gasteiger partial charge is 0.357 e. The van der Waals surface area contributed by atoms with E-state index in [4.69, 9.17) is 0 Å². The number of hydrogen-bond donors (Lipinski definition) is 0. The second kappa shape index (κ2) is 11.6. The van der Waals surface area contributed by atoms with E-state index in [1.54, 1.807) is 0 Å². The number of benzene rings is 4. The molecule has 0 aromatic heterocycles. The number of para-hydroxylation sites is 2. The maximum atomic E-state index is 3.69. The Labute approximate surface area is 293 Å². The lowest BCUT2D eigenvalue weighted by Crippen LogP contribution is -2.40. The predicted octanol–water partition coefficient (Wildman–Crippen LogP) is 10.5. The Hall–Kier alpha value is -4.01. The van der Waals surface area contributed by atoms with Crippen molar-refractivity contribution in [3.8, 4) is 11.8 Å². The van der Waals surface area contributed by atoms with Crippen LogP contribution in [0.3, 0.4) is 0 Å². The Bertz CT molecular complexity index is 2080. The van der Waals surface area contributed by atoms with Crippen molar-refractivity contribution in [1.82, 2.24) is 0 Å². The average Bonchev–Trinajstić information content (AvgIpc) is 3.35. The van der Waals surface area contributed by atoms with E-state index in [9.17, 15) is 0 Å². The van der Waals surface area contributed by atoms with Crippen molar-refractivity contribution in [2.24, 2.45) is 0 Å². The fourth-order valence-corrected chi connectivity index (χ4v) is 9.48. The van der Waals surface area contributed by atoms with Gasteiger partial charge in [-0.1, -0.05) is 107 Å². The number of allylic oxidation sites excluding steroid dienone is 3. The molecule has 4 aromatic rings. The van der Waals surface area contributed by atoms with Gasteiger partial charge in [-0.05, 0) is 126 Å². The highest BCUT2D eigenvalue weighted by atomic mass is 127. The van der Waals surface area contributed by atoms with E-state index in [1.165, 1.54) is 98.4 Å². The van der Waals surface area contributed by atoms with Crippen molar-refractivity contribution >= 4 is 57.4 Å². The first-order chi connectivity index (χ1) is 23.0. The Kier molecular flexibility index (Phi) is 7.19. The Morgan fingerprint density at radius 1 is 0.787 bits per heavy atom. The summed E-state index contributed by atoms with van der Waals surface area (Å²) in [5, 5.41) is 0. The first kappa shape index (κ1) is 29.2. The number of alkyl halides is 1. The first-order valence-electron chi connectivity index (χ1n) is 17.3. The average molecular weight is 723 g/mol. The number of rotatable bonds is 4. The van der Waals surface area contributed by atoms with Crippen molar-refractivity contribution in [2.45, 2.75) is 61.3 Å². The van der Waals surface area contributed by atoms with Crippen LogP contribution >= 0.6 is 22.6 Å². The molecule has 0 saturated heterocycles. The molecule has 47 heavy (non-hydrogen) atoms. The third-order valence-electron chi connectivity index (χ3n) is 11.0. The molecule has 4 aromatic carbocycles. The molecule has 0 N–H and O–H groups in total. The molecule has 0 amide bonds. The molecular formula is C44H39IN2. The van der Waals surface area contributed by atoms with Crippen LogP contribution in [-0.2, 0) is 22.7 Å². The van der Waals surface area contributed by atoms with Gasteiger partial charge in [0.15, 0.2) is 0 Å². The normalized spacial score (nSPS) is 22.5. The summed E-state index contributed by atoms with van der Waals surface area (Å²) in [4.78, 5) is 5.08. The maximum absolute atomic E-state index is 3.69. The second-order valence-corrected chi connectivity index (χ2v) is 16.1. The SMILES string of the molecule is CC1(I)C2=C(C#CC(N3CCCc4ccccc43)C2)c2ccc(/C=C/C3=Cc4ccc(N5CCCc6ccccc65)cc4CC3)cc21. The molecular weight excluding hydrogens is 683 g/mol. The van der Waals surface area contributed by atoms with Crippen LogP contribution in [0.15, 0.2) is 102 Å². The topological polar surface area (TPSA) is 6.48 Å². The minimum atomic E-state index is -0.0510. The number of anilines is 3. The van der Waals surface area contributed by atoms with Crippen molar-refractivity contribution in [1.29, 1.82) is 0 Å². The zero-order valence-corrected chi connectivity index (χ0v) is 29.2. The van der Waals surface area contributed by atoms with E-state index in [1.807, 2.05) is 0 Å². The summed E-state index contributed by atoms with van der Waals surface area (Å²) in [7, 11) is 0. The summed E-state index contributed by atoms with van der Waals surface area (Å²) >= 11 is 2.70. The van der Waals surface area contributed by atoms with Crippen LogP contribution < -0.4 is 9.80 Å². The van der Waals surface area contributed by atoms with Crippen molar-refractivity contribution in [3.63, 3.8) is 0 Å². The number of halogens is 1. The lowest BCUT2D eigenvalue weighted by Gasteiger charge is -2.38. The van der Waals surface area contributed by atoms with Crippen molar-refractivity contribution in [3.05, 3.63) is 141 Å². The molecule has 0 bridgehead atoms. The highest BCUT2D eigenvalue weighted by molar-refractivity contribution is 14.1. The fourth-order valence-electron chi connectivity index (χ4n) is 8.55. The van der Waals surface area contributed by atoms with Crippen LogP contribution in [0.5, 0.6) is 0 Å². The number of aryl methyl sites for hydroxylation is 3. The summed E-state index contributed by atoms with van der Waals surface area (Å²) in [6.45, 7) is 4.58. The zero-order valence-electron chi connectivity index (χ0n) is 27.0. The van der Waals surface area contributed by atoms with Gasteiger partial charge in [0.25, 0.3) is 0 Å². The van der Waals surface area contributed by atoms with Gasteiger partial charge >= 0.3 is 0 Å². The second-order valence-electron chi connectivity index (χ2n) is 13.9. The van der Waals surface area contributed by atoms with Gasteiger partial charge in [0.1, 0.15) is 0 Å². The highest BCUT2D eigenvalue weighted by Crippen LogP contribution is 2.54. The Balaban J connectivity index is 0.931. The van der Waals surface area contributed by atoms with Gasteiger partial charge in [-0.3, -0.25) is 0 Å². The summed E-state index contributed by atoms with van der Waals surface area (Å²) < 4.78 is -0.0510. The monoisotopic (exact) mass is 722 g/mol. The maximum Gasteiger partial charge on any atom is 0.0945 e. The Morgan fingerprint density at radius 3 is 2.45 bits per heavy atom. The third-order valence-corrected chi connectivity index (χ3v) is 12.3. The van der Waals surface area contributed by atoms with Crippen LogP contribution in [0.4, 0.5) is 17.1 Å². The van der Waals surface area contributed by atoms with Gasteiger partial charge in [-0.25, -0.2) is 0 Å². The standard InChI is InChI=1S/C44H39IN2/c1-44(45)40-27-31(17-22-38(40)39-23-21-37(29-41(39)44)47-25-7-11-33-9-3-5-13-43(33)47)15-14-30-16-18-35-28-36(20-19-34(35)26-30)46-24-6-10-32-8-2-4-12-42(32)46/h2-5,8-9,12-15,17,19-20,22,26-28,37H,6-7,10-11,16,18,24-25,29H2,1H3/b15-14+. The van der Waals surface area contributed by atoms with Gasteiger partial charge in [-0.15, -0.1) is 0 Å². The van der Waals surface area contributed by atoms with Gasteiger partial charge in [0.2, 0.25) is 0 Å². The number of hydrogen-bond acceptors (Lipinski definition) is 2. The molecule has 2 heterocycles. The molecule has 2 atom stereocenters. The van der Waals surface area contributed by atoms with Gasteiger partial charge in [0, 0.05) is 42.1 Å². The molecule has 5 aliphatic rings. The molecule has 232 valence electrons. The van der Waals surface area contributed by atoms with Crippen LogP contribution in [0.25, 0.3) is 17.7 Å². The number of fused-ring (bicyclic) bond motifs is 5. The van der Waals surface area contributed by atoms with Crippen LogP contribution in [0, 0.1) is 11.8 Å². The summed E-state index contributed by atoms with van der Waals surface area (Å²) in [5.74, 6) is 7.35. The van der Waals surface area contributed by atoms with E-state index < -0.39 is 0 Å². The predicted molar refractivity (Wildman–Crippen MR) is 207 cm³/mol. The van der Waals surface area contributed by atoms with Crippen LogP contribution in [-0.4, -0.2) is 19.1 Å². The lowest BCUT2D eigenvalue weighted by molar-refractivity contribution is 0.618. The van der Waals surface area contributed by atoms with E-state index in [2.05, 4.69) is 154 Å². The van der Waals surface area contributed by atoms with Gasteiger partial charge in [-0.2, -0.15) is 0 Å². The first-order valence-corrected chi connectivity index (χ1v) is 18.4. The molecule has 2 aliphatic heterocycles. The van der Waals surface area contributed by atoms with E-state index in [0.717, 1.165) is 32.4 Å². The number of nitrogens with zero attached hydrogens (tertiary/aromatic N) is 2. The molecule has 3 aliphatic carbocycles. The molecule has 2 unspecified atom stereocenters. The van der Waals surface area contributed by atoms with Crippen LogP contribution in [0.2, 0.25) is 0 Å². The molecule has 9 rings (SSSR count). The van der Waals surface area contributed by atoms with Crippen molar-refractivity contribution in [2.75, 3.05) is 22.9 Å². The Morgan fingerprint density at radius 2 is 1.57 bits per heavy atom. The quantitative estimate of drug-likeness (QED) is 0.118. The van der Waals surface area contributed by atoms with Gasteiger partial charge in [0.05, 0.1) is 9.46 Å². The molecule has 0 fully saturated rings. The zero-order chi connectivity index (χ0) is 31.5.